The average molecular weight is 194 g/mol. The highest BCUT2D eigenvalue weighted by molar-refractivity contribution is 7.98. The maximum Gasteiger partial charge on any atom is 0.120 e. The lowest BCUT2D eigenvalue weighted by Gasteiger charge is -1.99. The molecule has 0 spiro atoms. The fraction of sp³-hybridized carbons (Fsp3) is 0.364. The van der Waals surface area contributed by atoms with Gasteiger partial charge in [-0.15, -0.1) is 0 Å². The minimum Gasteiger partial charge on any atom is -0.303 e. The van der Waals surface area contributed by atoms with Gasteiger partial charge >= 0.3 is 0 Å². The molecule has 1 aromatic carbocycles. The van der Waals surface area contributed by atoms with Crippen molar-refractivity contribution in [3.8, 4) is 0 Å². The topological polar surface area (TPSA) is 17.1 Å². The van der Waals surface area contributed by atoms with E-state index in [1.807, 2.05) is 17.8 Å². The highest BCUT2D eigenvalue weighted by Gasteiger charge is 1.91. The summed E-state index contributed by atoms with van der Waals surface area (Å²) in [4.78, 5) is 10.0. The Balaban J connectivity index is 2.10. The molecule has 0 N–H and O–H groups in total. The third-order valence-electron chi connectivity index (χ3n) is 1.72. The maximum absolute atomic E-state index is 10.0. The molecule has 70 valence electrons. The van der Waals surface area contributed by atoms with Crippen LogP contribution in [0.4, 0.5) is 0 Å². The van der Waals surface area contributed by atoms with E-state index in [2.05, 4.69) is 24.3 Å². The number of carbonyl (C=O) groups excluding carboxylic acids is 1. The SMILES string of the molecule is O=CCCCSCc1ccccc1. The van der Waals surface area contributed by atoms with Crippen LogP contribution in [0.5, 0.6) is 0 Å². The minimum atomic E-state index is 0.696. The number of carbonyl (C=O) groups is 1. The molecule has 0 aliphatic carbocycles. The van der Waals surface area contributed by atoms with Gasteiger partial charge in [-0.2, -0.15) is 11.8 Å². The van der Waals surface area contributed by atoms with E-state index in [1.54, 1.807) is 0 Å². The molecule has 1 rings (SSSR count). The minimum absolute atomic E-state index is 0.696. The zero-order chi connectivity index (χ0) is 9.36. The summed E-state index contributed by atoms with van der Waals surface area (Å²) in [6.07, 6.45) is 2.69. The van der Waals surface area contributed by atoms with Crippen molar-refractivity contribution in [1.82, 2.24) is 0 Å². The molecule has 0 bridgehead atoms. The molecule has 1 aromatic rings. The molecular weight excluding hydrogens is 180 g/mol. The largest absolute Gasteiger partial charge is 0.303 e. The van der Waals surface area contributed by atoms with Crippen LogP contribution < -0.4 is 0 Å². The van der Waals surface area contributed by atoms with E-state index in [0.29, 0.717) is 6.42 Å². The number of unbranched alkanes of at least 4 members (excludes halogenated alkanes) is 1. The van der Waals surface area contributed by atoms with Crippen LogP contribution in [-0.2, 0) is 10.5 Å². The Bertz CT molecular complexity index is 233. The Morgan fingerprint density at radius 3 is 2.69 bits per heavy atom. The smallest absolute Gasteiger partial charge is 0.120 e. The van der Waals surface area contributed by atoms with Gasteiger partial charge in [0.05, 0.1) is 0 Å². The van der Waals surface area contributed by atoms with E-state index in [9.17, 15) is 4.79 Å². The fourth-order valence-electron chi connectivity index (χ4n) is 1.03. The first-order chi connectivity index (χ1) is 6.43. The van der Waals surface area contributed by atoms with Crippen LogP contribution in [0.2, 0.25) is 0 Å². The molecule has 0 atom stereocenters. The zero-order valence-electron chi connectivity index (χ0n) is 7.61. The zero-order valence-corrected chi connectivity index (χ0v) is 8.43. The molecule has 0 saturated carbocycles. The molecule has 0 radical (unpaired) electrons. The molecule has 0 aromatic heterocycles. The van der Waals surface area contributed by atoms with Crippen LogP contribution in [0.25, 0.3) is 0 Å². The Kier molecular flexibility index (Phi) is 5.34. The van der Waals surface area contributed by atoms with Crippen molar-refractivity contribution in [3.05, 3.63) is 35.9 Å². The van der Waals surface area contributed by atoms with Gasteiger partial charge in [0.15, 0.2) is 0 Å². The second-order valence-corrected chi connectivity index (χ2v) is 3.95. The predicted molar refractivity (Wildman–Crippen MR) is 57.9 cm³/mol. The summed E-state index contributed by atoms with van der Waals surface area (Å²) in [5, 5.41) is 0. The number of benzene rings is 1. The molecule has 0 fully saturated rings. The van der Waals surface area contributed by atoms with E-state index in [0.717, 1.165) is 24.2 Å². The second kappa shape index (κ2) is 6.72. The van der Waals surface area contributed by atoms with Gasteiger partial charge in [-0.1, -0.05) is 30.3 Å². The first-order valence-corrected chi connectivity index (χ1v) is 5.64. The summed E-state index contributed by atoms with van der Waals surface area (Å²) in [5.41, 5.74) is 1.36. The Labute approximate surface area is 83.5 Å². The van der Waals surface area contributed by atoms with E-state index in [-0.39, 0.29) is 0 Å². The van der Waals surface area contributed by atoms with E-state index >= 15 is 0 Å². The summed E-state index contributed by atoms with van der Waals surface area (Å²) in [7, 11) is 0. The van der Waals surface area contributed by atoms with Gasteiger partial charge in [0.25, 0.3) is 0 Å². The van der Waals surface area contributed by atoms with Gasteiger partial charge in [-0.3, -0.25) is 0 Å². The first kappa shape index (κ1) is 10.3. The Hall–Kier alpha value is -0.760. The standard InChI is InChI=1S/C11H14OS/c12-8-4-5-9-13-10-11-6-2-1-3-7-11/h1-3,6-8H,4-5,9-10H2. The molecule has 1 nitrogen and oxygen atoms in total. The van der Waals surface area contributed by atoms with E-state index in [4.69, 9.17) is 0 Å². The molecule has 0 unspecified atom stereocenters. The number of hydrogen-bond donors (Lipinski definition) is 0. The first-order valence-electron chi connectivity index (χ1n) is 4.49. The molecule has 0 saturated heterocycles. The Morgan fingerprint density at radius 1 is 1.23 bits per heavy atom. The summed E-state index contributed by atoms with van der Waals surface area (Å²) in [6, 6.07) is 10.4. The predicted octanol–water partition coefficient (Wildman–Crippen LogP) is 2.90. The summed E-state index contributed by atoms with van der Waals surface area (Å²) in [6.45, 7) is 0. The van der Waals surface area contributed by atoms with Crippen molar-refractivity contribution in [2.75, 3.05) is 5.75 Å². The number of aldehydes is 1. The third-order valence-corrected chi connectivity index (χ3v) is 2.84. The average Bonchev–Trinajstić information content (AvgIpc) is 2.19. The summed E-state index contributed by atoms with van der Waals surface area (Å²) < 4.78 is 0. The van der Waals surface area contributed by atoms with Crippen LogP contribution in [0.1, 0.15) is 18.4 Å². The highest BCUT2D eigenvalue weighted by Crippen LogP contribution is 2.12. The molecule has 0 amide bonds. The normalized spacial score (nSPS) is 9.85. The van der Waals surface area contributed by atoms with Crippen LogP contribution >= 0.6 is 11.8 Å². The second-order valence-electron chi connectivity index (χ2n) is 2.85. The summed E-state index contributed by atoms with van der Waals surface area (Å²) in [5.74, 6) is 2.13. The van der Waals surface area contributed by atoms with Gasteiger partial charge in [-0.25, -0.2) is 0 Å². The molecule has 0 heterocycles. The highest BCUT2D eigenvalue weighted by atomic mass is 32.2. The van der Waals surface area contributed by atoms with Crippen LogP contribution in [0.15, 0.2) is 30.3 Å². The van der Waals surface area contributed by atoms with Crippen molar-refractivity contribution in [1.29, 1.82) is 0 Å². The molecule has 13 heavy (non-hydrogen) atoms. The van der Waals surface area contributed by atoms with Crippen molar-refractivity contribution >= 4 is 18.0 Å². The van der Waals surface area contributed by atoms with E-state index < -0.39 is 0 Å². The van der Waals surface area contributed by atoms with Crippen LogP contribution in [0.3, 0.4) is 0 Å². The maximum atomic E-state index is 10.0. The van der Waals surface area contributed by atoms with Crippen LogP contribution in [-0.4, -0.2) is 12.0 Å². The number of hydrogen-bond acceptors (Lipinski definition) is 2. The number of rotatable bonds is 6. The molecule has 0 aliphatic rings. The van der Waals surface area contributed by atoms with Crippen molar-refractivity contribution < 1.29 is 4.79 Å². The molecular formula is C11H14OS. The van der Waals surface area contributed by atoms with Crippen molar-refractivity contribution in [2.24, 2.45) is 0 Å². The van der Waals surface area contributed by atoms with Gasteiger partial charge < -0.3 is 4.79 Å². The van der Waals surface area contributed by atoms with Gasteiger partial charge in [-0.05, 0) is 17.7 Å². The van der Waals surface area contributed by atoms with Gasteiger partial charge in [0.1, 0.15) is 6.29 Å². The number of thioether (sulfide) groups is 1. The van der Waals surface area contributed by atoms with Gasteiger partial charge in [0, 0.05) is 12.2 Å². The van der Waals surface area contributed by atoms with E-state index in [1.165, 1.54) is 5.56 Å². The van der Waals surface area contributed by atoms with Gasteiger partial charge in [0.2, 0.25) is 0 Å². The molecule has 2 heteroatoms. The Morgan fingerprint density at radius 2 is 2.00 bits per heavy atom. The lowest BCUT2D eigenvalue weighted by molar-refractivity contribution is -0.107. The van der Waals surface area contributed by atoms with Crippen molar-refractivity contribution in [3.63, 3.8) is 0 Å². The lowest BCUT2D eigenvalue weighted by Crippen LogP contribution is -1.84. The fourth-order valence-corrected chi connectivity index (χ4v) is 1.98. The monoisotopic (exact) mass is 194 g/mol. The third kappa shape index (κ3) is 4.73. The quantitative estimate of drug-likeness (QED) is 0.511. The van der Waals surface area contributed by atoms with Crippen LogP contribution in [0, 0.1) is 0 Å². The van der Waals surface area contributed by atoms with Crippen molar-refractivity contribution in [2.45, 2.75) is 18.6 Å². The summed E-state index contributed by atoms with van der Waals surface area (Å²) >= 11 is 1.89. The lowest BCUT2D eigenvalue weighted by atomic mass is 10.2. The molecule has 0 aliphatic heterocycles.